The summed E-state index contributed by atoms with van der Waals surface area (Å²) in [5.74, 6) is -1.87. The lowest BCUT2D eigenvalue weighted by atomic mass is 10.1. The Morgan fingerprint density at radius 1 is 1.25 bits per heavy atom. The van der Waals surface area contributed by atoms with Crippen LogP contribution in [-0.4, -0.2) is 27.0 Å². The first kappa shape index (κ1) is 13.5. The normalized spacial score (nSPS) is 11.6. The van der Waals surface area contributed by atoms with Gasteiger partial charge in [-0.1, -0.05) is 30.3 Å². The molecule has 0 unspecified atom stereocenters. The fourth-order valence-corrected chi connectivity index (χ4v) is 1.60. The summed E-state index contributed by atoms with van der Waals surface area (Å²) in [6, 6.07) is 7.11. The molecule has 7 heteroatoms. The fourth-order valence-electron chi connectivity index (χ4n) is 1.60. The molecular formula is C13H11N3O4. The van der Waals surface area contributed by atoms with Crippen LogP contribution < -0.4 is 10.9 Å². The SMILES string of the molecule is O=C(N[C@H](C(=O)O)c1ccccc1)c1c[nH]c(=O)cn1. The number of aliphatic carboxylic acids is 1. The molecule has 0 fully saturated rings. The molecule has 1 amide bonds. The average molecular weight is 273 g/mol. The second kappa shape index (κ2) is 5.79. The van der Waals surface area contributed by atoms with E-state index < -0.39 is 23.5 Å². The van der Waals surface area contributed by atoms with E-state index in [9.17, 15) is 19.5 Å². The van der Waals surface area contributed by atoms with Crippen molar-refractivity contribution in [2.75, 3.05) is 0 Å². The molecule has 0 radical (unpaired) electrons. The van der Waals surface area contributed by atoms with Gasteiger partial charge in [0.15, 0.2) is 6.04 Å². The highest BCUT2D eigenvalue weighted by molar-refractivity contribution is 5.94. The largest absolute Gasteiger partial charge is 0.479 e. The second-order valence-corrected chi connectivity index (χ2v) is 3.95. The topological polar surface area (TPSA) is 112 Å². The van der Waals surface area contributed by atoms with Crippen molar-refractivity contribution in [2.24, 2.45) is 0 Å². The Bertz CT molecular complexity index is 661. The van der Waals surface area contributed by atoms with Crippen molar-refractivity contribution >= 4 is 11.9 Å². The number of benzene rings is 1. The Morgan fingerprint density at radius 2 is 1.95 bits per heavy atom. The minimum Gasteiger partial charge on any atom is -0.479 e. The van der Waals surface area contributed by atoms with Crippen molar-refractivity contribution < 1.29 is 14.7 Å². The number of aromatic nitrogens is 2. The van der Waals surface area contributed by atoms with Crippen LogP contribution in [0.3, 0.4) is 0 Å². The summed E-state index contributed by atoms with van der Waals surface area (Å²) in [4.78, 5) is 39.9. The summed E-state index contributed by atoms with van der Waals surface area (Å²) in [6.45, 7) is 0. The maximum absolute atomic E-state index is 11.9. The Kier molecular flexibility index (Phi) is 3.90. The zero-order valence-corrected chi connectivity index (χ0v) is 10.2. The van der Waals surface area contributed by atoms with Crippen molar-refractivity contribution in [3.63, 3.8) is 0 Å². The van der Waals surface area contributed by atoms with Crippen molar-refractivity contribution in [1.29, 1.82) is 0 Å². The minimum atomic E-state index is -1.19. The molecule has 0 aliphatic heterocycles. The lowest BCUT2D eigenvalue weighted by Gasteiger charge is -2.14. The van der Waals surface area contributed by atoms with Gasteiger partial charge in [-0.3, -0.25) is 9.59 Å². The maximum Gasteiger partial charge on any atom is 0.330 e. The van der Waals surface area contributed by atoms with Crippen LogP contribution in [0, 0.1) is 0 Å². The lowest BCUT2D eigenvalue weighted by molar-refractivity contribution is -0.139. The van der Waals surface area contributed by atoms with E-state index in [0.717, 1.165) is 12.4 Å². The number of carbonyl (C=O) groups is 2. The standard InChI is InChI=1S/C13H11N3O4/c17-10-7-14-9(6-15-10)12(18)16-11(13(19)20)8-4-2-1-3-5-8/h1-7,11H,(H,15,17)(H,16,18)(H,19,20)/t11-/m0/s1. The van der Waals surface area contributed by atoms with E-state index in [-0.39, 0.29) is 5.69 Å². The molecule has 1 aromatic carbocycles. The average Bonchev–Trinajstić information content (AvgIpc) is 2.46. The van der Waals surface area contributed by atoms with Crippen LogP contribution in [-0.2, 0) is 4.79 Å². The predicted octanol–water partition coefficient (Wildman–Crippen LogP) is 0.326. The summed E-state index contributed by atoms with van der Waals surface area (Å²) >= 11 is 0. The summed E-state index contributed by atoms with van der Waals surface area (Å²) in [5.41, 5.74) is -0.0658. The summed E-state index contributed by atoms with van der Waals surface area (Å²) in [5, 5.41) is 11.5. The lowest BCUT2D eigenvalue weighted by Crippen LogP contribution is -2.34. The van der Waals surface area contributed by atoms with Crippen molar-refractivity contribution in [3.8, 4) is 0 Å². The number of hydrogen-bond acceptors (Lipinski definition) is 4. The number of carboxylic acid groups (broad SMARTS) is 1. The molecule has 0 aliphatic rings. The number of hydrogen-bond donors (Lipinski definition) is 3. The molecule has 2 aromatic rings. The zero-order valence-electron chi connectivity index (χ0n) is 10.2. The van der Waals surface area contributed by atoms with Crippen LogP contribution in [0.25, 0.3) is 0 Å². The third-order valence-electron chi connectivity index (χ3n) is 2.56. The molecule has 2 rings (SSSR count). The molecule has 0 saturated heterocycles. The van der Waals surface area contributed by atoms with Gasteiger partial charge in [-0.2, -0.15) is 0 Å². The first-order valence-corrected chi connectivity index (χ1v) is 5.71. The molecule has 1 aromatic heterocycles. The van der Waals surface area contributed by atoms with Gasteiger partial charge < -0.3 is 15.4 Å². The van der Waals surface area contributed by atoms with Gasteiger partial charge in [-0.05, 0) is 5.56 Å². The van der Waals surface area contributed by atoms with Gasteiger partial charge in [0, 0.05) is 6.20 Å². The van der Waals surface area contributed by atoms with E-state index >= 15 is 0 Å². The smallest absolute Gasteiger partial charge is 0.330 e. The van der Waals surface area contributed by atoms with Crippen molar-refractivity contribution in [1.82, 2.24) is 15.3 Å². The maximum atomic E-state index is 11.9. The van der Waals surface area contributed by atoms with Crippen molar-refractivity contribution in [2.45, 2.75) is 6.04 Å². The number of aromatic amines is 1. The third kappa shape index (κ3) is 3.08. The molecular weight excluding hydrogens is 262 g/mol. The van der Waals surface area contributed by atoms with Crippen LogP contribution >= 0.6 is 0 Å². The quantitative estimate of drug-likeness (QED) is 0.743. The second-order valence-electron chi connectivity index (χ2n) is 3.95. The third-order valence-corrected chi connectivity index (χ3v) is 2.56. The monoisotopic (exact) mass is 273 g/mol. The molecule has 0 bridgehead atoms. The predicted molar refractivity (Wildman–Crippen MR) is 69.1 cm³/mol. The van der Waals surface area contributed by atoms with Crippen LogP contribution in [0.1, 0.15) is 22.1 Å². The number of nitrogens with one attached hydrogen (secondary N) is 2. The van der Waals surface area contributed by atoms with Crippen LogP contribution in [0.15, 0.2) is 47.5 Å². The van der Waals surface area contributed by atoms with E-state index in [2.05, 4.69) is 15.3 Å². The minimum absolute atomic E-state index is 0.0632. The van der Waals surface area contributed by atoms with Gasteiger partial charge in [0.1, 0.15) is 5.69 Å². The van der Waals surface area contributed by atoms with Gasteiger partial charge in [0.25, 0.3) is 11.5 Å². The first-order chi connectivity index (χ1) is 9.58. The Balaban J connectivity index is 2.21. The Morgan fingerprint density at radius 3 is 2.50 bits per heavy atom. The first-order valence-electron chi connectivity index (χ1n) is 5.71. The van der Waals surface area contributed by atoms with Gasteiger partial charge in [0.05, 0.1) is 6.20 Å². The van der Waals surface area contributed by atoms with Crippen LogP contribution in [0.5, 0.6) is 0 Å². The molecule has 0 saturated carbocycles. The van der Waals surface area contributed by atoms with E-state index in [0.29, 0.717) is 5.56 Å². The molecule has 102 valence electrons. The Hall–Kier alpha value is -2.96. The molecule has 1 heterocycles. The number of carboxylic acids is 1. The number of amides is 1. The number of rotatable bonds is 4. The fraction of sp³-hybridized carbons (Fsp3) is 0.0769. The zero-order chi connectivity index (χ0) is 14.5. The summed E-state index contributed by atoms with van der Waals surface area (Å²) in [6.07, 6.45) is 2.08. The van der Waals surface area contributed by atoms with Crippen molar-refractivity contribution in [3.05, 3.63) is 64.3 Å². The van der Waals surface area contributed by atoms with E-state index in [1.807, 2.05) is 0 Å². The highest BCUT2D eigenvalue weighted by atomic mass is 16.4. The summed E-state index contributed by atoms with van der Waals surface area (Å²) in [7, 11) is 0. The van der Waals surface area contributed by atoms with E-state index in [1.165, 1.54) is 0 Å². The number of carbonyl (C=O) groups excluding carboxylic acids is 1. The molecule has 0 spiro atoms. The highest BCUT2D eigenvalue weighted by Gasteiger charge is 2.22. The van der Waals surface area contributed by atoms with Gasteiger partial charge in [-0.25, -0.2) is 9.78 Å². The molecule has 0 aliphatic carbocycles. The molecule has 7 nitrogen and oxygen atoms in total. The van der Waals surface area contributed by atoms with Crippen LogP contribution in [0.4, 0.5) is 0 Å². The number of nitrogens with zero attached hydrogens (tertiary/aromatic N) is 1. The van der Waals surface area contributed by atoms with Gasteiger partial charge >= 0.3 is 5.97 Å². The number of H-pyrrole nitrogens is 1. The van der Waals surface area contributed by atoms with E-state index in [4.69, 9.17) is 0 Å². The van der Waals surface area contributed by atoms with Gasteiger partial charge in [-0.15, -0.1) is 0 Å². The Labute approximate surface area is 113 Å². The highest BCUT2D eigenvalue weighted by Crippen LogP contribution is 2.13. The van der Waals surface area contributed by atoms with E-state index in [1.54, 1.807) is 30.3 Å². The molecule has 20 heavy (non-hydrogen) atoms. The molecule has 3 N–H and O–H groups in total. The van der Waals surface area contributed by atoms with Gasteiger partial charge in [0.2, 0.25) is 0 Å². The van der Waals surface area contributed by atoms with Crippen LogP contribution in [0.2, 0.25) is 0 Å². The molecule has 1 atom stereocenters. The summed E-state index contributed by atoms with van der Waals surface area (Å²) < 4.78 is 0.